The van der Waals surface area contributed by atoms with Crippen LogP contribution in [-0.2, 0) is 6.42 Å². The average molecular weight is 228 g/mol. The number of aromatic nitrogens is 2. The van der Waals surface area contributed by atoms with Crippen LogP contribution in [0.4, 0.5) is 0 Å². The van der Waals surface area contributed by atoms with E-state index in [9.17, 15) is 4.79 Å². The fraction of sp³-hybridized carbons (Fsp3) is 0.154. The summed E-state index contributed by atoms with van der Waals surface area (Å²) in [6.45, 7) is 1.99. The van der Waals surface area contributed by atoms with Gasteiger partial charge in [0.2, 0.25) is 5.88 Å². The van der Waals surface area contributed by atoms with Crippen LogP contribution in [0.5, 0.6) is 5.88 Å². The molecule has 0 aliphatic carbocycles. The Morgan fingerprint density at radius 1 is 1.18 bits per heavy atom. The SMILES string of the molecule is CCc1cnc(OC(=O)c2ccccc2)cn1. The van der Waals surface area contributed by atoms with Crippen molar-refractivity contribution in [3.8, 4) is 5.88 Å². The number of benzene rings is 1. The number of carbonyl (C=O) groups excluding carboxylic acids is 1. The maximum absolute atomic E-state index is 11.7. The van der Waals surface area contributed by atoms with Crippen molar-refractivity contribution in [2.45, 2.75) is 13.3 Å². The zero-order valence-corrected chi connectivity index (χ0v) is 9.46. The number of nitrogens with zero attached hydrogens (tertiary/aromatic N) is 2. The minimum Gasteiger partial charge on any atom is -0.402 e. The van der Waals surface area contributed by atoms with E-state index >= 15 is 0 Å². The Kier molecular flexibility index (Phi) is 3.45. The predicted octanol–water partition coefficient (Wildman–Crippen LogP) is 2.26. The van der Waals surface area contributed by atoms with Crippen molar-refractivity contribution in [1.29, 1.82) is 0 Å². The van der Waals surface area contributed by atoms with E-state index in [-0.39, 0.29) is 5.88 Å². The van der Waals surface area contributed by atoms with Crippen LogP contribution in [0.2, 0.25) is 0 Å². The Hall–Kier alpha value is -2.23. The summed E-state index contributed by atoms with van der Waals surface area (Å²) < 4.78 is 5.09. The molecule has 0 bridgehead atoms. The zero-order chi connectivity index (χ0) is 12.1. The molecule has 0 saturated heterocycles. The van der Waals surface area contributed by atoms with Gasteiger partial charge in [-0.1, -0.05) is 25.1 Å². The third-order valence-electron chi connectivity index (χ3n) is 2.25. The number of hydrogen-bond donors (Lipinski definition) is 0. The minimum atomic E-state index is -0.427. The molecule has 0 fully saturated rings. The van der Waals surface area contributed by atoms with Crippen molar-refractivity contribution in [2.75, 3.05) is 0 Å². The first kappa shape index (κ1) is 11.3. The molecular formula is C13H12N2O2. The molecule has 0 spiro atoms. The molecule has 4 heteroatoms. The Morgan fingerprint density at radius 2 is 1.94 bits per heavy atom. The average Bonchev–Trinajstić information content (AvgIpc) is 2.40. The van der Waals surface area contributed by atoms with Crippen molar-refractivity contribution in [3.63, 3.8) is 0 Å². The molecule has 17 heavy (non-hydrogen) atoms. The molecular weight excluding hydrogens is 216 g/mol. The topological polar surface area (TPSA) is 52.1 Å². The minimum absolute atomic E-state index is 0.219. The fourth-order valence-electron chi connectivity index (χ4n) is 1.31. The van der Waals surface area contributed by atoms with Gasteiger partial charge in [-0.25, -0.2) is 9.78 Å². The fourth-order valence-corrected chi connectivity index (χ4v) is 1.31. The molecule has 0 N–H and O–H groups in total. The second kappa shape index (κ2) is 5.21. The molecule has 1 aromatic carbocycles. The number of esters is 1. The first-order valence-electron chi connectivity index (χ1n) is 5.37. The molecule has 0 aliphatic heterocycles. The summed E-state index contributed by atoms with van der Waals surface area (Å²) in [5, 5.41) is 0. The van der Waals surface area contributed by atoms with Crippen LogP contribution in [0, 0.1) is 0 Å². The van der Waals surface area contributed by atoms with Crippen LogP contribution in [0.3, 0.4) is 0 Å². The first-order chi connectivity index (χ1) is 8.29. The summed E-state index contributed by atoms with van der Waals surface area (Å²) in [6, 6.07) is 8.78. The lowest BCUT2D eigenvalue weighted by molar-refractivity contribution is 0.0726. The van der Waals surface area contributed by atoms with Crippen molar-refractivity contribution >= 4 is 5.97 Å². The van der Waals surface area contributed by atoms with Gasteiger partial charge in [0, 0.05) is 0 Å². The molecule has 86 valence electrons. The highest BCUT2D eigenvalue weighted by Crippen LogP contribution is 2.08. The van der Waals surface area contributed by atoms with Gasteiger partial charge < -0.3 is 4.74 Å². The van der Waals surface area contributed by atoms with Gasteiger partial charge in [0.1, 0.15) is 0 Å². The van der Waals surface area contributed by atoms with Gasteiger partial charge in [-0.05, 0) is 18.6 Å². The number of hydrogen-bond acceptors (Lipinski definition) is 4. The van der Waals surface area contributed by atoms with Crippen LogP contribution in [0.15, 0.2) is 42.7 Å². The molecule has 4 nitrogen and oxygen atoms in total. The summed E-state index contributed by atoms with van der Waals surface area (Å²) in [7, 11) is 0. The molecule has 2 aromatic rings. The Bertz CT molecular complexity index is 495. The Morgan fingerprint density at radius 3 is 2.53 bits per heavy atom. The van der Waals surface area contributed by atoms with Crippen molar-refractivity contribution in [2.24, 2.45) is 0 Å². The maximum Gasteiger partial charge on any atom is 0.344 e. The number of rotatable bonds is 3. The lowest BCUT2D eigenvalue weighted by atomic mass is 10.2. The number of carbonyl (C=O) groups is 1. The highest BCUT2D eigenvalue weighted by molar-refractivity contribution is 5.90. The predicted molar refractivity (Wildman–Crippen MR) is 62.8 cm³/mol. The van der Waals surface area contributed by atoms with E-state index in [4.69, 9.17) is 4.74 Å². The largest absolute Gasteiger partial charge is 0.402 e. The van der Waals surface area contributed by atoms with E-state index in [1.807, 2.05) is 13.0 Å². The van der Waals surface area contributed by atoms with E-state index in [2.05, 4.69) is 9.97 Å². The molecule has 0 aliphatic rings. The van der Waals surface area contributed by atoms with Crippen LogP contribution in [0.25, 0.3) is 0 Å². The van der Waals surface area contributed by atoms with E-state index in [1.165, 1.54) is 6.20 Å². The van der Waals surface area contributed by atoms with Gasteiger partial charge in [0.15, 0.2) is 0 Å². The van der Waals surface area contributed by atoms with Crippen molar-refractivity contribution in [3.05, 3.63) is 54.0 Å². The standard InChI is InChI=1S/C13H12N2O2/c1-2-11-8-15-12(9-14-11)17-13(16)10-6-4-3-5-7-10/h3-9H,2H2,1H3. The van der Waals surface area contributed by atoms with Gasteiger partial charge in [-0.3, -0.25) is 4.98 Å². The molecule has 0 radical (unpaired) electrons. The summed E-state index contributed by atoms with van der Waals surface area (Å²) in [6.07, 6.45) is 3.87. The molecule has 0 atom stereocenters. The first-order valence-corrected chi connectivity index (χ1v) is 5.37. The second-order valence-electron chi connectivity index (χ2n) is 3.46. The third-order valence-corrected chi connectivity index (χ3v) is 2.25. The summed E-state index contributed by atoms with van der Waals surface area (Å²) in [4.78, 5) is 19.8. The zero-order valence-electron chi connectivity index (χ0n) is 9.46. The second-order valence-corrected chi connectivity index (χ2v) is 3.46. The van der Waals surface area contributed by atoms with E-state index in [1.54, 1.807) is 30.5 Å². The normalized spacial score (nSPS) is 9.94. The smallest absolute Gasteiger partial charge is 0.344 e. The molecule has 0 saturated carbocycles. The molecule has 1 aromatic heterocycles. The molecule has 2 rings (SSSR count). The van der Waals surface area contributed by atoms with Crippen LogP contribution < -0.4 is 4.74 Å². The van der Waals surface area contributed by atoms with Gasteiger partial charge in [-0.15, -0.1) is 0 Å². The van der Waals surface area contributed by atoms with Gasteiger partial charge >= 0.3 is 5.97 Å². The quantitative estimate of drug-likeness (QED) is 0.756. The number of ether oxygens (including phenoxy) is 1. The van der Waals surface area contributed by atoms with Crippen LogP contribution in [-0.4, -0.2) is 15.9 Å². The highest BCUT2D eigenvalue weighted by atomic mass is 16.5. The van der Waals surface area contributed by atoms with E-state index in [0.717, 1.165) is 12.1 Å². The van der Waals surface area contributed by atoms with Crippen molar-refractivity contribution < 1.29 is 9.53 Å². The monoisotopic (exact) mass is 228 g/mol. The molecule has 0 amide bonds. The summed E-state index contributed by atoms with van der Waals surface area (Å²) in [5.74, 6) is -0.208. The van der Waals surface area contributed by atoms with Crippen molar-refractivity contribution in [1.82, 2.24) is 9.97 Å². The lowest BCUT2D eigenvalue weighted by Gasteiger charge is -2.03. The van der Waals surface area contributed by atoms with Crippen LogP contribution in [0.1, 0.15) is 23.0 Å². The summed E-state index contributed by atoms with van der Waals surface area (Å²) >= 11 is 0. The molecule has 1 heterocycles. The lowest BCUT2D eigenvalue weighted by Crippen LogP contribution is -2.09. The van der Waals surface area contributed by atoms with E-state index < -0.39 is 5.97 Å². The Labute approximate surface area is 99.3 Å². The van der Waals surface area contributed by atoms with E-state index in [0.29, 0.717) is 5.56 Å². The number of aryl methyl sites for hydroxylation is 1. The Balaban J connectivity index is 2.08. The molecule has 0 unspecified atom stereocenters. The highest BCUT2D eigenvalue weighted by Gasteiger charge is 2.08. The van der Waals surface area contributed by atoms with Gasteiger partial charge in [0.05, 0.1) is 23.7 Å². The van der Waals surface area contributed by atoms with Gasteiger partial charge in [-0.2, -0.15) is 0 Å². The third kappa shape index (κ3) is 2.87. The van der Waals surface area contributed by atoms with Crippen LogP contribution >= 0.6 is 0 Å². The maximum atomic E-state index is 11.7. The van der Waals surface area contributed by atoms with Gasteiger partial charge in [0.25, 0.3) is 0 Å². The summed E-state index contributed by atoms with van der Waals surface area (Å²) in [5.41, 5.74) is 1.36.